The highest BCUT2D eigenvalue weighted by Gasteiger charge is 2.29. The van der Waals surface area contributed by atoms with Crippen LogP contribution in [0.25, 0.3) is 0 Å². The summed E-state index contributed by atoms with van der Waals surface area (Å²) in [6.45, 7) is 8.46. The van der Waals surface area contributed by atoms with Gasteiger partial charge < -0.3 is 9.84 Å². The van der Waals surface area contributed by atoms with Crippen molar-refractivity contribution < 1.29 is 14.6 Å². The van der Waals surface area contributed by atoms with Gasteiger partial charge in [0.05, 0.1) is 13.2 Å². The molecular weight excluding hydrogens is 240 g/mol. The number of carbonyl (C=O) groups excluding carboxylic acids is 1. The van der Waals surface area contributed by atoms with E-state index in [4.69, 9.17) is 0 Å². The zero-order chi connectivity index (χ0) is 14.6. The molecule has 0 aromatic rings. The number of hydrogen-bond donors (Lipinski definition) is 1. The fourth-order valence-corrected chi connectivity index (χ4v) is 2.85. The second-order valence-electron chi connectivity index (χ2n) is 5.48. The predicted octanol–water partition coefficient (Wildman–Crippen LogP) is 3.38. The van der Waals surface area contributed by atoms with Crippen molar-refractivity contribution >= 4 is 5.97 Å². The molecule has 1 rings (SSSR count). The van der Waals surface area contributed by atoms with Crippen LogP contribution in [0.5, 0.6) is 0 Å². The molecule has 0 aliphatic heterocycles. The van der Waals surface area contributed by atoms with Crippen LogP contribution in [-0.4, -0.2) is 24.3 Å². The van der Waals surface area contributed by atoms with Crippen LogP contribution < -0.4 is 0 Å². The zero-order valence-corrected chi connectivity index (χ0v) is 12.7. The van der Waals surface area contributed by atoms with E-state index in [0.717, 1.165) is 19.3 Å². The Bertz CT molecular complexity index is 380. The molecule has 1 unspecified atom stereocenters. The quantitative estimate of drug-likeness (QED) is 0.592. The van der Waals surface area contributed by atoms with Crippen LogP contribution in [0.2, 0.25) is 0 Å². The molecule has 3 nitrogen and oxygen atoms in total. The molecule has 1 aliphatic carbocycles. The molecule has 0 bridgehead atoms. The second kappa shape index (κ2) is 6.90. The minimum atomic E-state index is -0.343. The highest BCUT2D eigenvalue weighted by atomic mass is 16.5. The first kappa shape index (κ1) is 16.0. The van der Waals surface area contributed by atoms with Crippen molar-refractivity contribution in [3.63, 3.8) is 0 Å². The second-order valence-corrected chi connectivity index (χ2v) is 5.48. The molecule has 3 heteroatoms. The van der Waals surface area contributed by atoms with Crippen LogP contribution in [0.1, 0.15) is 53.4 Å². The lowest BCUT2D eigenvalue weighted by molar-refractivity contribution is -0.140. The molecule has 19 heavy (non-hydrogen) atoms. The first-order valence-electron chi connectivity index (χ1n) is 7.00. The van der Waals surface area contributed by atoms with Crippen LogP contribution in [0.15, 0.2) is 22.3 Å². The maximum Gasteiger partial charge on any atom is 0.305 e. The summed E-state index contributed by atoms with van der Waals surface area (Å²) in [5.74, 6) is -0.00711. The normalized spacial score (nSPS) is 18.2. The number of methoxy groups -OCH3 is 1. The van der Waals surface area contributed by atoms with Gasteiger partial charge in [0.25, 0.3) is 0 Å². The lowest BCUT2D eigenvalue weighted by atomic mass is 9.88. The number of rotatable bonds is 6. The molecule has 1 atom stereocenters. The SMILES string of the molecule is COC(=O)CCCCC(O)C1C(C)=C(C)C(C)=C1C. The van der Waals surface area contributed by atoms with Gasteiger partial charge in [-0.15, -0.1) is 0 Å². The summed E-state index contributed by atoms with van der Waals surface area (Å²) in [6, 6.07) is 0. The molecule has 1 N–H and O–H groups in total. The molecule has 108 valence electrons. The minimum absolute atomic E-state index is 0.165. The van der Waals surface area contributed by atoms with Gasteiger partial charge in [0, 0.05) is 12.3 Å². The first-order valence-corrected chi connectivity index (χ1v) is 7.00. The van der Waals surface area contributed by atoms with Crippen molar-refractivity contribution in [2.45, 2.75) is 59.5 Å². The summed E-state index contributed by atoms with van der Waals surface area (Å²) in [4.78, 5) is 11.0. The van der Waals surface area contributed by atoms with E-state index in [1.165, 1.54) is 29.4 Å². The van der Waals surface area contributed by atoms with Crippen LogP contribution >= 0.6 is 0 Å². The lowest BCUT2D eigenvalue weighted by Gasteiger charge is -2.22. The largest absolute Gasteiger partial charge is 0.469 e. The highest BCUT2D eigenvalue weighted by Crippen LogP contribution is 2.39. The fourth-order valence-electron chi connectivity index (χ4n) is 2.85. The summed E-state index contributed by atoms with van der Waals surface area (Å²) in [5, 5.41) is 10.4. The number of esters is 1. The summed E-state index contributed by atoms with van der Waals surface area (Å²) < 4.78 is 4.60. The summed E-state index contributed by atoms with van der Waals surface area (Å²) >= 11 is 0. The number of unbranched alkanes of at least 4 members (excludes halogenated alkanes) is 1. The number of hydrogen-bond acceptors (Lipinski definition) is 3. The Kier molecular flexibility index (Phi) is 5.80. The molecule has 0 radical (unpaired) electrons. The zero-order valence-electron chi connectivity index (χ0n) is 12.7. The molecule has 0 aromatic heterocycles. The summed E-state index contributed by atoms with van der Waals surface area (Å²) in [6.07, 6.45) is 2.46. The molecular formula is C16H26O3. The monoisotopic (exact) mass is 266 g/mol. The van der Waals surface area contributed by atoms with E-state index in [2.05, 4.69) is 32.4 Å². The van der Waals surface area contributed by atoms with E-state index in [1.54, 1.807) is 0 Å². The van der Waals surface area contributed by atoms with Gasteiger partial charge in [-0.2, -0.15) is 0 Å². The molecule has 0 fully saturated rings. The Hall–Kier alpha value is -1.09. The average molecular weight is 266 g/mol. The fraction of sp³-hybridized carbons (Fsp3) is 0.688. The Labute approximate surface area is 116 Å². The van der Waals surface area contributed by atoms with Crippen molar-refractivity contribution in [1.29, 1.82) is 0 Å². The Morgan fingerprint density at radius 2 is 1.68 bits per heavy atom. The first-order chi connectivity index (χ1) is 8.90. The number of aliphatic hydroxyl groups is 1. The van der Waals surface area contributed by atoms with E-state index in [1.807, 2.05) is 0 Å². The third-order valence-electron chi connectivity index (χ3n) is 4.42. The molecule has 0 amide bonds. The van der Waals surface area contributed by atoms with E-state index < -0.39 is 0 Å². The van der Waals surface area contributed by atoms with Gasteiger partial charge in [-0.3, -0.25) is 4.79 Å². The van der Waals surface area contributed by atoms with Gasteiger partial charge in [0.2, 0.25) is 0 Å². The van der Waals surface area contributed by atoms with E-state index in [-0.39, 0.29) is 18.0 Å². The average Bonchev–Trinajstić information content (AvgIpc) is 2.58. The third kappa shape index (κ3) is 3.69. The maximum absolute atomic E-state index is 11.0. The van der Waals surface area contributed by atoms with Crippen LogP contribution in [-0.2, 0) is 9.53 Å². The van der Waals surface area contributed by atoms with Crippen LogP contribution in [0.3, 0.4) is 0 Å². The molecule has 0 heterocycles. The Morgan fingerprint density at radius 3 is 2.16 bits per heavy atom. The van der Waals surface area contributed by atoms with Crippen molar-refractivity contribution in [3.8, 4) is 0 Å². The molecule has 0 aromatic carbocycles. The topological polar surface area (TPSA) is 46.5 Å². The van der Waals surface area contributed by atoms with E-state index in [0.29, 0.717) is 6.42 Å². The highest BCUT2D eigenvalue weighted by molar-refractivity contribution is 5.68. The number of allylic oxidation sites excluding steroid dienone is 2. The van der Waals surface area contributed by atoms with Gasteiger partial charge in [-0.25, -0.2) is 0 Å². The van der Waals surface area contributed by atoms with Gasteiger partial charge in [-0.1, -0.05) is 17.6 Å². The van der Waals surface area contributed by atoms with E-state index in [9.17, 15) is 9.90 Å². The van der Waals surface area contributed by atoms with Crippen molar-refractivity contribution in [3.05, 3.63) is 22.3 Å². The van der Waals surface area contributed by atoms with Crippen LogP contribution in [0.4, 0.5) is 0 Å². The standard InChI is InChI=1S/C16H26O3/c1-10-11(2)13(4)16(12(10)3)14(17)8-6-7-9-15(18)19-5/h14,16-17H,6-9H2,1-5H3. The summed E-state index contributed by atoms with van der Waals surface area (Å²) in [7, 11) is 1.41. The van der Waals surface area contributed by atoms with Crippen molar-refractivity contribution in [2.24, 2.45) is 5.92 Å². The molecule has 0 saturated heterocycles. The third-order valence-corrected chi connectivity index (χ3v) is 4.42. The van der Waals surface area contributed by atoms with Crippen molar-refractivity contribution in [2.75, 3.05) is 7.11 Å². The van der Waals surface area contributed by atoms with Gasteiger partial charge in [-0.05, 0) is 51.7 Å². The summed E-state index contributed by atoms with van der Waals surface area (Å²) in [5.41, 5.74) is 5.21. The number of ether oxygens (including phenoxy) is 1. The molecule has 0 spiro atoms. The Morgan fingerprint density at radius 1 is 1.16 bits per heavy atom. The van der Waals surface area contributed by atoms with Crippen LogP contribution in [0, 0.1) is 5.92 Å². The predicted molar refractivity (Wildman–Crippen MR) is 76.7 cm³/mol. The molecule has 1 aliphatic rings. The smallest absolute Gasteiger partial charge is 0.305 e. The van der Waals surface area contributed by atoms with Gasteiger partial charge >= 0.3 is 5.97 Å². The minimum Gasteiger partial charge on any atom is -0.469 e. The lowest BCUT2D eigenvalue weighted by Crippen LogP contribution is -2.21. The molecule has 0 saturated carbocycles. The maximum atomic E-state index is 11.0. The van der Waals surface area contributed by atoms with E-state index >= 15 is 0 Å². The van der Waals surface area contributed by atoms with Gasteiger partial charge in [0.1, 0.15) is 0 Å². The Balaban J connectivity index is 2.47. The van der Waals surface area contributed by atoms with Crippen molar-refractivity contribution in [1.82, 2.24) is 0 Å². The number of carbonyl (C=O) groups is 1. The van der Waals surface area contributed by atoms with Gasteiger partial charge in [0.15, 0.2) is 0 Å². The number of aliphatic hydroxyl groups excluding tert-OH is 1.